The summed E-state index contributed by atoms with van der Waals surface area (Å²) in [5.41, 5.74) is 4.78. The van der Waals surface area contributed by atoms with Gasteiger partial charge in [0.1, 0.15) is 0 Å². The van der Waals surface area contributed by atoms with Gasteiger partial charge in [-0.05, 0) is 32.1 Å². The van der Waals surface area contributed by atoms with Crippen LogP contribution < -0.4 is 5.73 Å². The summed E-state index contributed by atoms with van der Waals surface area (Å²) in [7, 11) is -4.25. The fourth-order valence-corrected chi connectivity index (χ4v) is 2.84. The van der Waals surface area contributed by atoms with Gasteiger partial charge in [-0.2, -0.15) is 8.42 Å². The van der Waals surface area contributed by atoms with Crippen molar-refractivity contribution in [3.8, 4) is 0 Å². The smallest absolute Gasteiger partial charge is 0.395 e. The van der Waals surface area contributed by atoms with E-state index in [1.807, 2.05) is 0 Å². The molecule has 0 aliphatic heterocycles. The highest BCUT2D eigenvalue weighted by Crippen LogP contribution is 2.10. The number of hydrogen-bond acceptors (Lipinski definition) is 5. The van der Waals surface area contributed by atoms with E-state index in [1.54, 1.807) is 0 Å². The lowest BCUT2D eigenvalue weighted by Gasteiger charge is -2.01. The van der Waals surface area contributed by atoms with Crippen LogP contribution in [-0.2, 0) is 14.6 Å². The van der Waals surface area contributed by atoms with Gasteiger partial charge in [0.15, 0.2) is 0 Å². The Hall–Kier alpha value is -0.470. The number of rotatable bonds is 18. The monoisotopic (exact) mass is 409 g/mol. The Balaban J connectivity index is 0. The predicted octanol–water partition coefficient (Wildman–Crippen LogP) is 4.78. The van der Waals surface area contributed by atoms with Gasteiger partial charge in [0.2, 0.25) is 0 Å². The zero-order chi connectivity index (χ0) is 20.6. The topological polar surface area (TPSA) is 110 Å². The van der Waals surface area contributed by atoms with Crippen LogP contribution in [0.2, 0.25) is 0 Å². The second kappa shape index (κ2) is 23.6. The summed E-state index contributed by atoms with van der Waals surface area (Å²) >= 11 is 0. The molecular weight excluding hydrogens is 366 g/mol. The van der Waals surface area contributed by atoms with Crippen LogP contribution in [0.25, 0.3) is 0 Å². The van der Waals surface area contributed by atoms with E-state index in [2.05, 4.69) is 23.3 Å². The number of nitrogens with two attached hydrogens (primary N) is 1. The molecule has 4 N–H and O–H groups in total. The molecule has 0 aromatic heterocycles. The van der Waals surface area contributed by atoms with Gasteiger partial charge in [0, 0.05) is 6.54 Å². The molecule has 0 aliphatic rings. The van der Waals surface area contributed by atoms with Crippen molar-refractivity contribution in [2.75, 3.05) is 19.8 Å². The molecule has 0 amide bonds. The quantitative estimate of drug-likeness (QED) is 0.171. The van der Waals surface area contributed by atoms with Crippen LogP contribution in [0.4, 0.5) is 0 Å². The molecule has 7 heteroatoms. The van der Waals surface area contributed by atoms with Gasteiger partial charge in [-0.15, -0.1) is 0 Å². The van der Waals surface area contributed by atoms with Crippen LogP contribution in [0.5, 0.6) is 0 Å². The first kappa shape index (κ1) is 28.7. The van der Waals surface area contributed by atoms with Crippen LogP contribution in [0, 0.1) is 0 Å². The fraction of sp³-hybridized carbons (Fsp3) is 0.900. The molecule has 0 bridgehead atoms. The van der Waals surface area contributed by atoms with E-state index in [1.165, 1.54) is 70.6 Å². The molecule has 6 nitrogen and oxygen atoms in total. The van der Waals surface area contributed by atoms with Gasteiger partial charge >= 0.3 is 10.4 Å². The second-order valence-corrected chi connectivity index (χ2v) is 7.79. The number of aliphatic hydroxyl groups is 1. The molecule has 0 fully saturated rings. The third-order valence-electron chi connectivity index (χ3n) is 4.02. The standard InChI is InChI=1S/C18H36O4S.C2H7NO/c1-2-3-4-5-6-7-8-9-10-11-12-13-14-15-16-17-18-22-23(19,20)21;3-1-2-4/h9-10H,2-8,11-18H2,1H3,(H,19,20,21);4H,1-3H2/b10-9-;. The van der Waals surface area contributed by atoms with Crippen molar-refractivity contribution < 1.29 is 22.3 Å². The Morgan fingerprint density at radius 2 is 1.22 bits per heavy atom. The first-order valence-electron chi connectivity index (χ1n) is 10.6. The minimum absolute atomic E-state index is 0.0833. The van der Waals surface area contributed by atoms with Crippen LogP contribution in [0.15, 0.2) is 12.2 Å². The maximum atomic E-state index is 10.3. The van der Waals surface area contributed by atoms with Crippen molar-refractivity contribution in [1.29, 1.82) is 0 Å². The van der Waals surface area contributed by atoms with Crippen molar-refractivity contribution in [3.63, 3.8) is 0 Å². The Morgan fingerprint density at radius 1 is 0.815 bits per heavy atom. The van der Waals surface area contributed by atoms with Crippen molar-refractivity contribution in [2.24, 2.45) is 5.73 Å². The largest absolute Gasteiger partial charge is 0.397 e. The highest BCUT2D eigenvalue weighted by molar-refractivity contribution is 7.80. The van der Waals surface area contributed by atoms with Gasteiger partial charge in [0.25, 0.3) is 0 Å². The molecule has 0 rings (SSSR count). The summed E-state index contributed by atoms with van der Waals surface area (Å²) in [4.78, 5) is 0. The molecular formula is C20H43NO5S. The molecule has 0 aromatic carbocycles. The Labute approximate surface area is 167 Å². The maximum absolute atomic E-state index is 10.3. The Bertz CT molecular complexity index is 397. The van der Waals surface area contributed by atoms with Gasteiger partial charge < -0.3 is 10.8 Å². The molecule has 0 spiro atoms. The average molecular weight is 410 g/mol. The van der Waals surface area contributed by atoms with Crippen LogP contribution in [-0.4, -0.2) is 37.8 Å². The van der Waals surface area contributed by atoms with Crippen LogP contribution in [0.3, 0.4) is 0 Å². The molecule has 27 heavy (non-hydrogen) atoms. The van der Waals surface area contributed by atoms with Crippen molar-refractivity contribution >= 4 is 10.4 Å². The highest BCUT2D eigenvalue weighted by atomic mass is 32.3. The molecule has 0 saturated carbocycles. The summed E-state index contributed by atoms with van der Waals surface area (Å²) in [5, 5.41) is 7.75. The first-order chi connectivity index (χ1) is 13.0. The predicted molar refractivity (Wildman–Crippen MR) is 113 cm³/mol. The minimum Gasteiger partial charge on any atom is -0.395 e. The lowest BCUT2D eigenvalue weighted by molar-refractivity contribution is 0.261. The van der Waals surface area contributed by atoms with Gasteiger partial charge in [-0.25, -0.2) is 4.18 Å². The fourth-order valence-electron chi connectivity index (χ4n) is 2.51. The molecule has 0 saturated heterocycles. The van der Waals surface area contributed by atoms with E-state index in [4.69, 9.17) is 15.4 Å². The zero-order valence-electron chi connectivity index (χ0n) is 17.3. The molecule has 0 heterocycles. The number of allylic oxidation sites excluding steroid dienone is 2. The molecule has 0 radical (unpaired) electrons. The average Bonchev–Trinajstić information content (AvgIpc) is 2.63. The number of aliphatic hydroxyl groups excluding tert-OH is 1. The van der Waals surface area contributed by atoms with Gasteiger partial charge in [0.05, 0.1) is 13.2 Å². The summed E-state index contributed by atoms with van der Waals surface area (Å²) < 4.78 is 33.3. The summed E-state index contributed by atoms with van der Waals surface area (Å²) in [6, 6.07) is 0. The molecule has 0 unspecified atom stereocenters. The van der Waals surface area contributed by atoms with Crippen LogP contribution >= 0.6 is 0 Å². The lowest BCUT2D eigenvalue weighted by Crippen LogP contribution is -2.04. The molecule has 164 valence electrons. The minimum atomic E-state index is -4.25. The molecule has 0 atom stereocenters. The van der Waals surface area contributed by atoms with Crippen molar-refractivity contribution in [3.05, 3.63) is 12.2 Å². The first-order valence-corrected chi connectivity index (χ1v) is 11.9. The van der Waals surface area contributed by atoms with E-state index < -0.39 is 10.4 Å². The third-order valence-corrected chi connectivity index (χ3v) is 4.48. The summed E-state index contributed by atoms with van der Waals surface area (Å²) in [5.74, 6) is 0. The Morgan fingerprint density at radius 3 is 1.63 bits per heavy atom. The van der Waals surface area contributed by atoms with Crippen LogP contribution in [0.1, 0.15) is 96.8 Å². The molecule has 0 aromatic rings. The van der Waals surface area contributed by atoms with Crippen molar-refractivity contribution in [2.45, 2.75) is 96.8 Å². The number of unbranched alkanes of at least 4 members (excludes halogenated alkanes) is 12. The second-order valence-electron chi connectivity index (χ2n) is 6.70. The lowest BCUT2D eigenvalue weighted by atomic mass is 10.1. The van der Waals surface area contributed by atoms with Crippen molar-refractivity contribution in [1.82, 2.24) is 0 Å². The van der Waals surface area contributed by atoms with Gasteiger partial charge in [-0.1, -0.05) is 76.9 Å². The summed E-state index contributed by atoms with van der Waals surface area (Å²) in [6.45, 7) is 2.81. The third kappa shape index (κ3) is 33.5. The van der Waals surface area contributed by atoms with Gasteiger partial charge in [-0.3, -0.25) is 4.55 Å². The Kier molecular flexibility index (Phi) is 25.1. The van der Waals surface area contributed by atoms with E-state index in [0.29, 0.717) is 13.0 Å². The van der Waals surface area contributed by atoms with E-state index in [0.717, 1.165) is 12.8 Å². The molecule has 0 aliphatic carbocycles. The van der Waals surface area contributed by atoms with E-state index in [-0.39, 0.29) is 13.2 Å². The summed E-state index contributed by atoms with van der Waals surface area (Å²) in [6.07, 6.45) is 21.5. The van der Waals surface area contributed by atoms with E-state index >= 15 is 0 Å². The number of hydrogen-bond donors (Lipinski definition) is 3. The SMILES string of the molecule is CCCCCCCC/C=C\CCCCCCCCOS(=O)(=O)O.NCCO. The normalized spacial score (nSPS) is 11.6. The maximum Gasteiger partial charge on any atom is 0.397 e. The highest BCUT2D eigenvalue weighted by Gasteiger charge is 2.02. The van der Waals surface area contributed by atoms with E-state index in [9.17, 15) is 8.42 Å². The zero-order valence-corrected chi connectivity index (χ0v) is 18.1.